The monoisotopic (exact) mass is 298 g/mol. The van der Waals surface area contributed by atoms with Gasteiger partial charge in [0.15, 0.2) is 5.78 Å². The average Bonchev–Trinajstić information content (AvgIpc) is 2.75. The van der Waals surface area contributed by atoms with Gasteiger partial charge in [0.1, 0.15) is 5.78 Å². The quantitative estimate of drug-likeness (QED) is 0.670. The third-order valence-corrected chi connectivity index (χ3v) is 7.43. The van der Waals surface area contributed by atoms with Crippen LogP contribution < -0.4 is 0 Å². The number of carbonyl (C=O) groups excluding carboxylic acids is 2. The van der Waals surface area contributed by atoms with Crippen LogP contribution in [0.2, 0.25) is 0 Å². The van der Waals surface area contributed by atoms with Crippen molar-refractivity contribution in [1.82, 2.24) is 0 Å². The van der Waals surface area contributed by atoms with Crippen LogP contribution in [-0.4, -0.2) is 11.6 Å². The zero-order valence-corrected chi connectivity index (χ0v) is 13.9. The number of rotatable bonds is 0. The van der Waals surface area contributed by atoms with Crippen LogP contribution in [0.4, 0.5) is 0 Å². The summed E-state index contributed by atoms with van der Waals surface area (Å²) in [6, 6.07) is 0. The van der Waals surface area contributed by atoms with Crippen molar-refractivity contribution in [2.75, 3.05) is 0 Å². The second kappa shape index (κ2) is 4.43. The summed E-state index contributed by atoms with van der Waals surface area (Å²) in [5, 5.41) is 0. The highest BCUT2D eigenvalue weighted by Crippen LogP contribution is 2.64. The number of allylic oxidation sites excluding steroid dienone is 4. The first-order chi connectivity index (χ1) is 10.3. The summed E-state index contributed by atoms with van der Waals surface area (Å²) in [6.45, 7) is 6.93. The first-order valence-corrected chi connectivity index (χ1v) is 8.78. The zero-order chi connectivity index (χ0) is 15.7. The number of hydrogen-bond donors (Lipinski definition) is 0. The number of ketones is 2. The van der Waals surface area contributed by atoms with Gasteiger partial charge in [-0.15, -0.1) is 0 Å². The van der Waals surface area contributed by atoms with E-state index < -0.39 is 0 Å². The van der Waals surface area contributed by atoms with Crippen LogP contribution in [0.15, 0.2) is 23.3 Å². The molecule has 4 aliphatic carbocycles. The Balaban J connectivity index is 1.81. The second-order valence-electron chi connectivity index (χ2n) is 8.72. The Morgan fingerprint density at radius 2 is 1.86 bits per heavy atom. The molecular weight excluding hydrogens is 272 g/mol. The van der Waals surface area contributed by atoms with Gasteiger partial charge >= 0.3 is 0 Å². The number of hydrogen-bond acceptors (Lipinski definition) is 2. The van der Waals surface area contributed by atoms with Gasteiger partial charge < -0.3 is 0 Å². The molecule has 0 spiro atoms. The van der Waals surface area contributed by atoms with Gasteiger partial charge in [-0.2, -0.15) is 0 Å². The fraction of sp³-hybridized carbons (Fsp3) is 0.700. The maximum Gasteiger partial charge on any atom is 0.156 e. The number of fused-ring (bicyclic) bond motifs is 5. The van der Waals surface area contributed by atoms with Gasteiger partial charge in [0.2, 0.25) is 0 Å². The first kappa shape index (κ1) is 14.4. The minimum atomic E-state index is 0.144. The number of carbonyl (C=O) groups is 2. The van der Waals surface area contributed by atoms with Crippen LogP contribution in [0.5, 0.6) is 0 Å². The molecule has 0 heterocycles. The van der Waals surface area contributed by atoms with Crippen LogP contribution in [-0.2, 0) is 9.59 Å². The van der Waals surface area contributed by atoms with E-state index in [0.717, 1.165) is 19.3 Å². The largest absolute Gasteiger partial charge is 0.300 e. The molecule has 3 unspecified atom stereocenters. The van der Waals surface area contributed by atoms with Crippen LogP contribution in [0.3, 0.4) is 0 Å². The van der Waals surface area contributed by atoms with E-state index in [2.05, 4.69) is 26.8 Å². The molecule has 2 heteroatoms. The molecular formula is C20H26O2. The lowest BCUT2D eigenvalue weighted by Crippen LogP contribution is -2.48. The highest BCUT2D eigenvalue weighted by molar-refractivity contribution is 5.92. The molecule has 0 aromatic carbocycles. The lowest BCUT2D eigenvalue weighted by atomic mass is 9.48. The predicted octanol–water partition coefficient (Wildman–Crippen LogP) is 4.25. The molecule has 2 nitrogen and oxygen atoms in total. The molecule has 0 bridgehead atoms. The van der Waals surface area contributed by atoms with E-state index >= 15 is 0 Å². The van der Waals surface area contributed by atoms with Gasteiger partial charge in [-0.1, -0.05) is 25.5 Å². The highest BCUT2D eigenvalue weighted by Gasteiger charge is 2.57. The van der Waals surface area contributed by atoms with E-state index in [-0.39, 0.29) is 16.6 Å². The van der Waals surface area contributed by atoms with Crippen LogP contribution >= 0.6 is 0 Å². The molecule has 0 N–H and O–H groups in total. The molecule has 0 amide bonds. The van der Waals surface area contributed by atoms with Crippen molar-refractivity contribution in [3.63, 3.8) is 0 Å². The van der Waals surface area contributed by atoms with E-state index in [9.17, 15) is 9.59 Å². The van der Waals surface area contributed by atoms with Gasteiger partial charge in [-0.05, 0) is 66.4 Å². The minimum absolute atomic E-state index is 0.144. The maximum atomic E-state index is 12.1. The summed E-state index contributed by atoms with van der Waals surface area (Å²) in [6.07, 6.45) is 9.80. The average molecular weight is 298 g/mol. The summed E-state index contributed by atoms with van der Waals surface area (Å²) < 4.78 is 0. The Morgan fingerprint density at radius 1 is 1.09 bits per heavy atom. The molecule has 0 aliphatic heterocycles. The van der Waals surface area contributed by atoms with Crippen molar-refractivity contribution >= 4 is 11.6 Å². The maximum absolute atomic E-state index is 12.1. The first-order valence-electron chi connectivity index (χ1n) is 8.78. The molecule has 4 rings (SSSR count). The van der Waals surface area contributed by atoms with Crippen molar-refractivity contribution in [1.29, 1.82) is 0 Å². The molecule has 118 valence electrons. The Kier molecular flexibility index (Phi) is 2.90. The minimum Gasteiger partial charge on any atom is -0.300 e. The molecule has 0 radical (unpaired) electrons. The Bertz CT molecular complexity index is 626. The van der Waals surface area contributed by atoms with Crippen molar-refractivity contribution in [3.8, 4) is 0 Å². The fourth-order valence-corrected chi connectivity index (χ4v) is 6.16. The summed E-state index contributed by atoms with van der Waals surface area (Å²) in [5.74, 6) is 2.42. The standard InChI is InChI=1S/C20H26O2/c1-12-8-13-9-14(21)4-7-20(13,3)16-5-6-19(2)11-15(22)10-17(19)18(12)16/h8-9,16-18H,4-7,10-11H2,1-3H3/t16?,17?,18?,19-,20+/m1/s1. The SMILES string of the molecule is CC1=CC2=CC(=O)CC[C@]2(C)C2CC[C@]3(C)CC(=O)CC3C12. The molecule has 2 fully saturated rings. The van der Waals surface area contributed by atoms with Crippen molar-refractivity contribution < 1.29 is 9.59 Å². The lowest BCUT2D eigenvalue weighted by Gasteiger charge is -2.56. The van der Waals surface area contributed by atoms with Crippen molar-refractivity contribution in [3.05, 3.63) is 23.3 Å². The van der Waals surface area contributed by atoms with Gasteiger partial charge in [-0.3, -0.25) is 9.59 Å². The Labute approximate surface area is 133 Å². The summed E-state index contributed by atoms with van der Waals surface area (Å²) >= 11 is 0. The summed E-state index contributed by atoms with van der Waals surface area (Å²) in [4.78, 5) is 24.0. The van der Waals surface area contributed by atoms with Crippen molar-refractivity contribution in [2.45, 2.75) is 59.3 Å². The van der Waals surface area contributed by atoms with Gasteiger partial charge in [0.05, 0.1) is 0 Å². The molecule has 5 atom stereocenters. The van der Waals surface area contributed by atoms with E-state index in [1.807, 2.05) is 6.08 Å². The smallest absolute Gasteiger partial charge is 0.156 e. The van der Waals surface area contributed by atoms with E-state index in [1.54, 1.807) is 0 Å². The zero-order valence-electron chi connectivity index (χ0n) is 13.9. The number of Topliss-reactive ketones (excluding diaryl/α,β-unsaturated/α-hetero) is 1. The molecule has 2 saturated carbocycles. The fourth-order valence-electron chi connectivity index (χ4n) is 6.16. The molecule has 4 aliphatic rings. The van der Waals surface area contributed by atoms with E-state index in [0.29, 0.717) is 30.0 Å². The van der Waals surface area contributed by atoms with Gasteiger partial charge in [0, 0.05) is 19.3 Å². The molecule has 0 aromatic rings. The molecule has 0 saturated heterocycles. The Hall–Kier alpha value is -1.18. The third kappa shape index (κ3) is 1.79. The normalized spacial score (nSPS) is 47.3. The summed E-state index contributed by atoms with van der Waals surface area (Å²) in [7, 11) is 0. The third-order valence-electron chi connectivity index (χ3n) is 7.43. The highest BCUT2D eigenvalue weighted by atomic mass is 16.1. The van der Waals surface area contributed by atoms with E-state index in [4.69, 9.17) is 0 Å². The second-order valence-corrected chi connectivity index (χ2v) is 8.72. The molecule has 22 heavy (non-hydrogen) atoms. The van der Waals surface area contributed by atoms with Gasteiger partial charge in [-0.25, -0.2) is 0 Å². The van der Waals surface area contributed by atoms with Crippen LogP contribution in [0.25, 0.3) is 0 Å². The predicted molar refractivity (Wildman–Crippen MR) is 86.2 cm³/mol. The van der Waals surface area contributed by atoms with Crippen molar-refractivity contribution in [2.24, 2.45) is 28.6 Å². The van der Waals surface area contributed by atoms with E-state index in [1.165, 1.54) is 24.0 Å². The van der Waals surface area contributed by atoms with Crippen LogP contribution in [0.1, 0.15) is 59.3 Å². The lowest BCUT2D eigenvalue weighted by molar-refractivity contribution is -0.118. The Morgan fingerprint density at radius 3 is 2.64 bits per heavy atom. The topological polar surface area (TPSA) is 34.1 Å². The van der Waals surface area contributed by atoms with Crippen LogP contribution in [0, 0.1) is 28.6 Å². The summed E-state index contributed by atoms with van der Waals surface area (Å²) in [5.41, 5.74) is 3.03. The molecule has 0 aromatic heterocycles. The van der Waals surface area contributed by atoms with Gasteiger partial charge in [0.25, 0.3) is 0 Å².